The molecule has 9 heteroatoms. The first-order valence-corrected chi connectivity index (χ1v) is 10.5. The van der Waals surface area contributed by atoms with Crippen LogP contribution in [0.3, 0.4) is 0 Å². The van der Waals surface area contributed by atoms with E-state index >= 15 is 0 Å². The van der Waals surface area contributed by atoms with Gasteiger partial charge >= 0.3 is 6.03 Å². The van der Waals surface area contributed by atoms with Gasteiger partial charge in [-0.2, -0.15) is 0 Å². The second kappa shape index (κ2) is 7.74. The Labute approximate surface area is 183 Å². The summed E-state index contributed by atoms with van der Waals surface area (Å²) in [7, 11) is 0. The van der Waals surface area contributed by atoms with Gasteiger partial charge in [0.2, 0.25) is 11.8 Å². The number of benzene rings is 2. The molecular formula is C23H21FN4O4. The maximum absolute atomic E-state index is 13.1. The summed E-state index contributed by atoms with van der Waals surface area (Å²) in [4.78, 5) is 52.0. The summed E-state index contributed by atoms with van der Waals surface area (Å²) in [5.74, 6) is -1.13. The van der Waals surface area contributed by atoms with Crippen molar-refractivity contribution < 1.29 is 23.6 Å². The van der Waals surface area contributed by atoms with Crippen molar-refractivity contribution in [1.82, 2.24) is 15.1 Å². The lowest BCUT2D eigenvalue weighted by Gasteiger charge is -2.39. The molecule has 0 aliphatic carbocycles. The molecule has 2 fully saturated rings. The van der Waals surface area contributed by atoms with Crippen molar-refractivity contribution in [3.05, 3.63) is 65.0 Å². The van der Waals surface area contributed by atoms with Crippen LogP contribution in [0.15, 0.2) is 42.5 Å². The van der Waals surface area contributed by atoms with Gasteiger partial charge in [-0.25, -0.2) is 9.18 Å². The fourth-order valence-corrected chi connectivity index (χ4v) is 4.44. The van der Waals surface area contributed by atoms with E-state index in [2.05, 4.69) is 10.6 Å². The molecule has 1 unspecified atom stereocenters. The molecule has 2 aromatic carbocycles. The lowest BCUT2D eigenvalue weighted by Crippen LogP contribution is -2.52. The van der Waals surface area contributed by atoms with Crippen LogP contribution in [0.4, 0.5) is 14.9 Å². The van der Waals surface area contributed by atoms with E-state index in [0.717, 1.165) is 11.1 Å². The highest BCUT2D eigenvalue weighted by Crippen LogP contribution is 2.31. The van der Waals surface area contributed by atoms with Crippen LogP contribution in [0.1, 0.15) is 40.2 Å². The zero-order chi connectivity index (χ0) is 22.4. The van der Waals surface area contributed by atoms with Crippen LogP contribution in [0.2, 0.25) is 0 Å². The van der Waals surface area contributed by atoms with Crippen molar-refractivity contribution >= 4 is 29.4 Å². The summed E-state index contributed by atoms with van der Waals surface area (Å²) in [6.45, 7) is 1.34. The third-order valence-electron chi connectivity index (χ3n) is 6.28. The Morgan fingerprint density at radius 2 is 1.81 bits per heavy atom. The van der Waals surface area contributed by atoms with Crippen LogP contribution in [0.5, 0.6) is 0 Å². The van der Waals surface area contributed by atoms with Gasteiger partial charge in [0.25, 0.3) is 5.91 Å². The van der Waals surface area contributed by atoms with E-state index in [4.69, 9.17) is 0 Å². The summed E-state index contributed by atoms with van der Waals surface area (Å²) in [6.07, 6.45) is 0.505. The zero-order valence-corrected chi connectivity index (χ0v) is 17.1. The van der Waals surface area contributed by atoms with E-state index in [1.54, 1.807) is 35.2 Å². The Bertz CT molecular complexity index is 1130. The highest BCUT2D eigenvalue weighted by molar-refractivity contribution is 6.05. The van der Waals surface area contributed by atoms with E-state index in [-0.39, 0.29) is 42.5 Å². The van der Waals surface area contributed by atoms with Gasteiger partial charge in [-0.15, -0.1) is 0 Å². The number of urea groups is 1. The monoisotopic (exact) mass is 436 g/mol. The van der Waals surface area contributed by atoms with Crippen molar-refractivity contribution in [2.45, 2.75) is 31.3 Å². The Morgan fingerprint density at radius 1 is 1.06 bits per heavy atom. The molecular weight excluding hydrogens is 415 g/mol. The average molecular weight is 436 g/mol. The van der Waals surface area contributed by atoms with E-state index in [9.17, 15) is 23.6 Å². The van der Waals surface area contributed by atoms with Crippen LogP contribution < -0.4 is 10.6 Å². The average Bonchev–Trinajstić information content (AvgIpc) is 3.04. The maximum atomic E-state index is 13.1. The number of hydrogen-bond acceptors (Lipinski definition) is 4. The molecule has 3 heterocycles. The molecule has 1 atom stereocenters. The molecule has 0 aromatic heterocycles. The number of imide groups is 1. The summed E-state index contributed by atoms with van der Waals surface area (Å²) in [5.41, 5.74) is 2.79. The van der Waals surface area contributed by atoms with Gasteiger partial charge in [0.05, 0.1) is 0 Å². The highest BCUT2D eigenvalue weighted by atomic mass is 19.1. The molecule has 2 saturated heterocycles. The molecule has 2 aromatic rings. The van der Waals surface area contributed by atoms with Gasteiger partial charge in [0.15, 0.2) is 0 Å². The molecule has 164 valence electrons. The summed E-state index contributed by atoms with van der Waals surface area (Å²) < 4.78 is 13.1. The molecule has 8 nitrogen and oxygen atoms in total. The molecule has 0 saturated carbocycles. The minimum atomic E-state index is -0.671. The Hall–Kier alpha value is -3.75. The van der Waals surface area contributed by atoms with Crippen LogP contribution >= 0.6 is 0 Å². The number of carbonyl (C=O) groups is 4. The van der Waals surface area contributed by atoms with Gasteiger partial charge in [0, 0.05) is 43.2 Å². The molecule has 0 radical (unpaired) electrons. The molecule has 5 amide bonds. The number of halogens is 1. The topological polar surface area (TPSA) is 98.8 Å². The second-order valence-corrected chi connectivity index (χ2v) is 8.36. The van der Waals surface area contributed by atoms with Crippen LogP contribution in [-0.4, -0.2) is 52.7 Å². The number of hydrogen-bond donors (Lipinski definition) is 2. The first-order chi connectivity index (χ1) is 15.4. The molecule has 3 aliphatic heterocycles. The van der Waals surface area contributed by atoms with E-state index in [1.807, 2.05) is 0 Å². The van der Waals surface area contributed by atoms with Crippen molar-refractivity contribution in [1.29, 1.82) is 0 Å². The summed E-state index contributed by atoms with van der Waals surface area (Å²) in [5, 5.41) is 5.13. The van der Waals surface area contributed by atoms with Crippen molar-refractivity contribution in [3.8, 4) is 0 Å². The number of anilines is 1. The number of piperidine rings is 1. The first kappa shape index (κ1) is 20.2. The van der Waals surface area contributed by atoms with Gasteiger partial charge in [0.1, 0.15) is 11.9 Å². The maximum Gasteiger partial charge on any atom is 0.321 e. The van der Waals surface area contributed by atoms with E-state index < -0.39 is 11.9 Å². The standard InChI is InChI=1S/C23H21FN4O4/c24-16-3-1-13(2-4-16)15-10-27(11-15)23(32)25-17-5-6-18-14(9-17)12-28(22(18)31)19-7-8-20(29)26-21(19)30/h1-6,9,15,19H,7-8,10-12H2,(H,25,32)(H,26,29,30). The fraction of sp³-hybridized carbons (Fsp3) is 0.304. The second-order valence-electron chi connectivity index (χ2n) is 8.36. The third-order valence-corrected chi connectivity index (χ3v) is 6.28. The van der Waals surface area contributed by atoms with E-state index in [0.29, 0.717) is 30.8 Å². The zero-order valence-electron chi connectivity index (χ0n) is 17.1. The van der Waals surface area contributed by atoms with Gasteiger partial charge in [-0.1, -0.05) is 12.1 Å². The molecule has 2 N–H and O–H groups in total. The number of fused-ring (bicyclic) bond motifs is 1. The number of carbonyl (C=O) groups excluding carboxylic acids is 4. The Balaban J connectivity index is 1.21. The molecule has 0 spiro atoms. The van der Waals surface area contributed by atoms with E-state index in [1.165, 1.54) is 17.0 Å². The number of likely N-dealkylation sites (tertiary alicyclic amines) is 1. The van der Waals surface area contributed by atoms with Crippen LogP contribution in [0, 0.1) is 5.82 Å². The van der Waals surface area contributed by atoms with Gasteiger partial charge in [-0.05, 0) is 47.9 Å². The molecule has 3 aliphatic rings. The minimum absolute atomic E-state index is 0.182. The lowest BCUT2D eigenvalue weighted by atomic mass is 9.92. The summed E-state index contributed by atoms with van der Waals surface area (Å²) in [6, 6.07) is 10.5. The van der Waals surface area contributed by atoms with Crippen LogP contribution in [-0.2, 0) is 16.1 Å². The largest absolute Gasteiger partial charge is 0.323 e. The third kappa shape index (κ3) is 3.59. The Morgan fingerprint density at radius 3 is 2.53 bits per heavy atom. The number of amides is 5. The van der Waals surface area contributed by atoms with Crippen molar-refractivity contribution in [3.63, 3.8) is 0 Å². The van der Waals surface area contributed by atoms with Crippen molar-refractivity contribution in [2.75, 3.05) is 18.4 Å². The minimum Gasteiger partial charge on any atom is -0.323 e. The van der Waals surface area contributed by atoms with Gasteiger partial charge < -0.3 is 15.1 Å². The number of rotatable bonds is 3. The first-order valence-electron chi connectivity index (χ1n) is 10.5. The fourth-order valence-electron chi connectivity index (χ4n) is 4.44. The van der Waals surface area contributed by atoms with Crippen molar-refractivity contribution in [2.24, 2.45) is 0 Å². The normalized spacial score (nSPS) is 20.7. The molecule has 32 heavy (non-hydrogen) atoms. The Kier molecular flexibility index (Phi) is 4.88. The van der Waals surface area contributed by atoms with Gasteiger partial charge in [-0.3, -0.25) is 19.7 Å². The predicted octanol–water partition coefficient (Wildman–Crippen LogP) is 2.22. The molecule has 5 rings (SSSR count). The quantitative estimate of drug-likeness (QED) is 0.721. The molecule has 0 bridgehead atoms. The summed E-state index contributed by atoms with van der Waals surface area (Å²) >= 11 is 0. The van der Waals surface area contributed by atoms with Crippen LogP contribution in [0.25, 0.3) is 0 Å². The highest BCUT2D eigenvalue weighted by Gasteiger charge is 2.39. The number of nitrogens with zero attached hydrogens (tertiary/aromatic N) is 2. The lowest BCUT2D eigenvalue weighted by molar-refractivity contribution is -0.136. The smallest absolute Gasteiger partial charge is 0.321 e. The SMILES string of the molecule is O=C1CCC(N2Cc3cc(NC(=O)N4CC(c5ccc(F)cc5)C4)ccc3C2=O)C(=O)N1. The predicted molar refractivity (Wildman–Crippen MR) is 112 cm³/mol. The number of nitrogens with one attached hydrogen (secondary N) is 2.